The molecule has 0 aliphatic rings. The quantitative estimate of drug-likeness (QED) is 0.665. The summed E-state index contributed by atoms with van der Waals surface area (Å²) in [7, 11) is 0. The zero-order valence-electron chi connectivity index (χ0n) is 14.1. The second-order valence-electron chi connectivity index (χ2n) is 6.33. The topological polar surface area (TPSA) is 44.9 Å². The van der Waals surface area contributed by atoms with Crippen LogP contribution in [0.5, 0.6) is 0 Å². The van der Waals surface area contributed by atoms with Crippen molar-refractivity contribution in [2.24, 2.45) is 0 Å². The lowest BCUT2D eigenvalue weighted by Crippen LogP contribution is -2.27. The van der Waals surface area contributed by atoms with Crippen LogP contribution in [0.3, 0.4) is 0 Å². The third-order valence-corrected chi connectivity index (χ3v) is 4.50. The first kappa shape index (κ1) is 16.3. The second-order valence-corrected chi connectivity index (χ2v) is 6.33. The van der Waals surface area contributed by atoms with Crippen LogP contribution in [0.15, 0.2) is 60.8 Å². The molecule has 0 aliphatic carbocycles. The molecule has 3 rings (SSSR count). The van der Waals surface area contributed by atoms with Crippen LogP contribution < -0.4 is 5.32 Å². The van der Waals surface area contributed by atoms with Gasteiger partial charge in [-0.25, -0.2) is 0 Å². The lowest BCUT2D eigenvalue weighted by atomic mass is 10.0. The third kappa shape index (κ3) is 4.05. The Kier molecular flexibility index (Phi) is 5.32. The molecule has 0 saturated carbocycles. The van der Waals surface area contributed by atoms with Crippen molar-refractivity contribution in [2.75, 3.05) is 6.54 Å². The molecule has 1 aromatic heterocycles. The number of aryl methyl sites for hydroxylation is 1. The van der Waals surface area contributed by atoms with Crippen LogP contribution in [0.1, 0.15) is 36.8 Å². The van der Waals surface area contributed by atoms with E-state index in [1.54, 1.807) is 0 Å². The molecule has 3 aromatic rings. The number of H-pyrrole nitrogens is 1. The molecule has 1 atom stereocenters. The Balaban J connectivity index is 1.43. The van der Waals surface area contributed by atoms with Gasteiger partial charge in [0.1, 0.15) is 0 Å². The predicted molar refractivity (Wildman–Crippen MR) is 99.1 cm³/mol. The van der Waals surface area contributed by atoms with Gasteiger partial charge in [-0.1, -0.05) is 55.5 Å². The molecule has 0 fully saturated rings. The van der Waals surface area contributed by atoms with Gasteiger partial charge >= 0.3 is 0 Å². The van der Waals surface area contributed by atoms with E-state index >= 15 is 0 Å². The van der Waals surface area contributed by atoms with Crippen molar-refractivity contribution < 1.29 is 4.79 Å². The number of aromatic nitrogens is 1. The van der Waals surface area contributed by atoms with E-state index in [4.69, 9.17) is 0 Å². The maximum absolute atomic E-state index is 12.1. The lowest BCUT2D eigenvalue weighted by Gasteiger charge is -2.13. The summed E-state index contributed by atoms with van der Waals surface area (Å²) in [4.78, 5) is 15.3. The number of fused-ring (bicyclic) bond motifs is 1. The summed E-state index contributed by atoms with van der Waals surface area (Å²) in [6.07, 6.45) is 4.42. The number of carbonyl (C=O) groups excluding carboxylic acids is 1. The highest BCUT2D eigenvalue weighted by atomic mass is 16.1. The molecular weight excluding hydrogens is 296 g/mol. The zero-order valence-corrected chi connectivity index (χ0v) is 14.1. The normalized spacial score (nSPS) is 12.2. The van der Waals surface area contributed by atoms with E-state index < -0.39 is 0 Å². The van der Waals surface area contributed by atoms with Gasteiger partial charge in [0.05, 0.1) is 0 Å². The summed E-state index contributed by atoms with van der Waals surface area (Å²) < 4.78 is 0. The van der Waals surface area contributed by atoms with Crippen molar-refractivity contribution >= 4 is 16.8 Å². The Labute approximate surface area is 143 Å². The van der Waals surface area contributed by atoms with Crippen molar-refractivity contribution in [3.63, 3.8) is 0 Å². The van der Waals surface area contributed by atoms with Gasteiger partial charge < -0.3 is 10.3 Å². The van der Waals surface area contributed by atoms with E-state index in [9.17, 15) is 4.79 Å². The maximum Gasteiger partial charge on any atom is 0.220 e. The number of aromatic amines is 1. The molecular formula is C21H24N2O. The maximum atomic E-state index is 12.1. The molecule has 2 aromatic carbocycles. The predicted octanol–water partition coefficient (Wildman–Crippen LogP) is 4.41. The van der Waals surface area contributed by atoms with Crippen molar-refractivity contribution in [3.8, 4) is 0 Å². The van der Waals surface area contributed by atoms with Crippen molar-refractivity contribution in [2.45, 2.75) is 32.1 Å². The molecule has 0 aliphatic heterocycles. The van der Waals surface area contributed by atoms with Gasteiger partial charge in [-0.3, -0.25) is 4.79 Å². The van der Waals surface area contributed by atoms with Crippen LogP contribution in [0.2, 0.25) is 0 Å². The molecule has 24 heavy (non-hydrogen) atoms. The largest absolute Gasteiger partial charge is 0.361 e. The van der Waals surface area contributed by atoms with Crippen LogP contribution >= 0.6 is 0 Å². The molecule has 1 amide bonds. The van der Waals surface area contributed by atoms with Gasteiger partial charge in [0.25, 0.3) is 0 Å². The molecule has 3 heteroatoms. The Hall–Kier alpha value is -2.55. The van der Waals surface area contributed by atoms with E-state index in [-0.39, 0.29) is 5.91 Å². The molecule has 3 nitrogen and oxygen atoms in total. The molecule has 1 heterocycles. The molecule has 2 N–H and O–H groups in total. The zero-order chi connectivity index (χ0) is 16.8. The second kappa shape index (κ2) is 7.82. The molecule has 0 spiro atoms. The minimum atomic E-state index is 0.137. The Morgan fingerprint density at radius 3 is 2.67 bits per heavy atom. The molecule has 0 radical (unpaired) electrons. The van der Waals surface area contributed by atoms with E-state index in [2.05, 4.69) is 53.8 Å². The Bertz CT molecular complexity index is 792. The first-order valence-corrected chi connectivity index (χ1v) is 8.60. The first-order chi connectivity index (χ1) is 11.7. The minimum absolute atomic E-state index is 0.137. The van der Waals surface area contributed by atoms with Gasteiger partial charge in [-0.2, -0.15) is 0 Å². The number of rotatable bonds is 7. The number of benzene rings is 2. The number of hydrogen-bond donors (Lipinski definition) is 2. The summed E-state index contributed by atoms with van der Waals surface area (Å²) in [5, 5.41) is 4.31. The Morgan fingerprint density at radius 1 is 1.08 bits per heavy atom. The number of para-hydroxylation sites is 1. The molecule has 124 valence electrons. The van der Waals surface area contributed by atoms with E-state index in [1.807, 2.05) is 24.3 Å². The summed E-state index contributed by atoms with van der Waals surface area (Å²) in [5.41, 5.74) is 3.71. The highest BCUT2D eigenvalue weighted by Crippen LogP contribution is 2.19. The molecule has 0 bridgehead atoms. The Morgan fingerprint density at radius 2 is 1.83 bits per heavy atom. The number of carbonyl (C=O) groups is 1. The van der Waals surface area contributed by atoms with Crippen molar-refractivity contribution in [1.29, 1.82) is 0 Å². The fraction of sp³-hybridized carbons (Fsp3) is 0.286. The van der Waals surface area contributed by atoms with Gasteiger partial charge in [-0.05, 0) is 36.0 Å². The van der Waals surface area contributed by atoms with Crippen LogP contribution in [0.25, 0.3) is 10.9 Å². The first-order valence-electron chi connectivity index (χ1n) is 8.60. The fourth-order valence-corrected chi connectivity index (χ4v) is 3.03. The van der Waals surface area contributed by atoms with Gasteiger partial charge in [0, 0.05) is 30.1 Å². The monoisotopic (exact) mass is 320 g/mol. The SMILES string of the molecule is CC(CNC(=O)CCCc1c[nH]c2ccccc12)c1ccccc1. The molecule has 0 saturated heterocycles. The fourth-order valence-electron chi connectivity index (χ4n) is 3.03. The highest BCUT2D eigenvalue weighted by Gasteiger charge is 2.08. The number of nitrogens with one attached hydrogen (secondary N) is 2. The van der Waals surface area contributed by atoms with Crippen molar-refractivity contribution in [1.82, 2.24) is 10.3 Å². The smallest absolute Gasteiger partial charge is 0.220 e. The highest BCUT2D eigenvalue weighted by molar-refractivity contribution is 5.83. The van der Waals surface area contributed by atoms with E-state index in [0.29, 0.717) is 18.9 Å². The minimum Gasteiger partial charge on any atom is -0.361 e. The summed E-state index contributed by atoms with van der Waals surface area (Å²) in [5.74, 6) is 0.474. The summed E-state index contributed by atoms with van der Waals surface area (Å²) >= 11 is 0. The number of amides is 1. The average Bonchev–Trinajstić information content (AvgIpc) is 3.04. The summed E-state index contributed by atoms with van der Waals surface area (Å²) in [6, 6.07) is 18.6. The molecule has 1 unspecified atom stereocenters. The van der Waals surface area contributed by atoms with Gasteiger partial charge in [-0.15, -0.1) is 0 Å². The summed E-state index contributed by atoms with van der Waals surface area (Å²) in [6.45, 7) is 2.83. The third-order valence-electron chi connectivity index (χ3n) is 4.50. The van der Waals surface area contributed by atoms with Crippen LogP contribution in [0.4, 0.5) is 0 Å². The van der Waals surface area contributed by atoms with Gasteiger partial charge in [0.2, 0.25) is 5.91 Å². The van der Waals surface area contributed by atoms with E-state index in [1.165, 1.54) is 16.5 Å². The van der Waals surface area contributed by atoms with Crippen LogP contribution in [0, 0.1) is 0 Å². The van der Waals surface area contributed by atoms with Crippen LogP contribution in [-0.2, 0) is 11.2 Å². The standard InChI is InChI=1S/C21H24N2O/c1-16(17-8-3-2-4-9-17)14-23-21(24)13-7-10-18-15-22-20-12-6-5-11-19(18)20/h2-6,8-9,11-12,15-16,22H,7,10,13-14H2,1H3,(H,23,24). The van der Waals surface area contributed by atoms with E-state index in [0.717, 1.165) is 18.4 Å². The average molecular weight is 320 g/mol. The van der Waals surface area contributed by atoms with Crippen LogP contribution in [-0.4, -0.2) is 17.4 Å². The lowest BCUT2D eigenvalue weighted by molar-refractivity contribution is -0.121. The number of hydrogen-bond acceptors (Lipinski definition) is 1. The van der Waals surface area contributed by atoms with Crippen molar-refractivity contribution in [3.05, 3.63) is 71.9 Å². The van der Waals surface area contributed by atoms with Gasteiger partial charge in [0.15, 0.2) is 0 Å².